The fraction of sp³-hybridized carbons (Fsp3) is 0.688. The van der Waals surface area contributed by atoms with E-state index in [-0.39, 0.29) is 17.6 Å². The summed E-state index contributed by atoms with van der Waals surface area (Å²) in [6.45, 7) is 6.42. The average molecular weight is 317 g/mol. The molecule has 7 heteroatoms. The zero-order valence-corrected chi connectivity index (χ0v) is 13.6. The Morgan fingerprint density at radius 2 is 2.09 bits per heavy atom. The van der Waals surface area contributed by atoms with Crippen LogP contribution >= 0.6 is 0 Å². The van der Waals surface area contributed by atoms with Crippen molar-refractivity contribution < 1.29 is 9.84 Å². The number of aliphatic hydroxyl groups excluding tert-OH is 1. The maximum atomic E-state index is 10.3. The lowest BCUT2D eigenvalue weighted by Gasteiger charge is -2.56. The molecule has 2 aromatic rings. The predicted molar refractivity (Wildman–Crippen MR) is 85.4 cm³/mol. The lowest BCUT2D eigenvalue weighted by Crippen LogP contribution is -2.62. The number of ether oxygens (including phenoxy) is 1. The molecule has 1 spiro atoms. The van der Waals surface area contributed by atoms with Crippen LogP contribution in [-0.2, 0) is 4.74 Å². The Bertz CT molecular complexity index is 706. The fourth-order valence-corrected chi connectivity index (χ4v) is 4.02. The molecule has 1 saturated heterocycles. The van der Waals surface area contributed by atoms with E-state index in [0.717, 1.165) is 49.6 Å². The van der Waals surface area contributed by atoms with E-state index in [4.69, 9.17) is 4.74 Å². The Morgan fingerprint density at radius 1 is 1.30 bits per heavy atom. The third-order valence-electron chi connectivity index (χ3n) is 5.53. The molecule has 0 unspecified atom stereocenters. The monoisotopic (exact) mass is 317 g/mol. The van der Waals surface area contributed by atoms with E-state index in [1.807, 2.05) is 26.0 Å². The van der Waals surface area contributed by atoms with E-state index in [2.05, 4.69) is 20.2 Å². The number of aromatic nitrogens is 4. The summed E-state index contributed by atoms with van der Waals surface area (Å²) < 4.78 is 7.61. The summed E-state index contributed by atoms with van der Waals surface area (Å²) in [4.78, 5) is 2.28. The molecule has 124 valence electrons. The van der Waals surface area contributed by atoms with Crippen LogP contribution in [-0.4, -0.2) is 56.8 Å². The largest absolute Gasteiger partial charge is 0.392 e. The van der Waals surface area contributed by atoms with Crippen molar-refractivity contribution in [1.82, 2.24) is 19.8 Å². The minimum absolute atomic E-state index is 0.0525. The summed E-state index contributed by atoms with van der Waals surface area (Å²) in [5, 5.41) is 23.1. The zero-order valence-electron chi connectivity index (χ0n) is 13.6. The Morgan fingerprint density at radius 3 is 2.78 bits per heavy atom. The van der Waals surface area contributed by atoms with E-state index in [1.165, 1.54) is 0 Å². The first-order valence-electron chi connectivity index (χ1n) is 8.38. The molecule has 1 saturated carbocycles. The molecule has 1 aliphatic heterocycles. The van der Waals surface area contributed by atoms with Gasteiger partial charge in [0.05, 0.1) is 12.2 Å². The van der Waals surface area contributed by atoms with Gasteiger partial charge in [-0.1, -0.05) is 0 Å². The highest BCUT2D eigenvalue weighted by molar-refractivity contribution is 5.46. The summed E-state index contributed by atoms with van der Waals surface area (Å²) in [6, 6.07) is 3.95. The lowest BCUT2D eigenvalue weighted by molar-refractivity contribution is -0.199. The van der Waals surface area contributed by atoms with Crippen LogP contribution in [0, 0.1) is 12.3 Å². The number of piperidine rings is 1. The number of hydrogen-bond donors (Lipinski definition) is 1. The maximum Gasteiger partial charge on any atom is 0.178 e. The van der Waals surface area contributed by atoms with Crippen LogP contribution in [0.3, 0.4) is 0 Å². The van der Waals surface area contributed by atoms with Gasteiger partial charge in [0.15, 0.2) is 11.5 Å². The van der Waals surface area contributed by atoms with Gasteiger partial charge in [-0.3, -0.25) is 0 Å². The molecular weight excluding hydrogens is 294 g/mol. The number of aryl methyl sites for hydroxylation is 1. The van der Waals surface area contributed by atoms with Crippen molar-refractivity contribution in [3.05, 3.63) is 18.0 Å². The van der Waals surface area contributed by atoms with Crippen molar-refractivity contribution in [2.45, 2.75) is 45.3 Å². The van der Waals surface area contributed by atoms with Gasteiger partial charge in [0, 0.05) is 31.5 Å². The maximum absolute atomic E-state index is 10.3. The standard InChI is InChI=1S/C16H23N5O2/c1-3-23-13-10-12(22)16(13)6-8-20(9-7-16)15-5-4-14-18-17-11(2)21(14)19-15/h4-5,12-13,22H,3,6-10H2,1-2H3/t12-,13+/m0/s1. The lowest BCUT2D eigenvalue weighted by atomic mass is 9.58. The molecule has 23 heavy (non-hydrogen) atoms. The Kier molecular flexibility index (Phi) is 3.50. The van der Waals surface area contributed by atoms with Crippen LogP contribution in [0.25, 0.3) is 5.65 Å². The zero-order chi connectivity index (χ0) is 16.0. The van der Waals surface area contributed by atoms with Gasteiger partial charge in [0.2, 0.25) is 0 Å². The number of aliphatic hydroxyl groups is 1. The molecule has 2 aliphatic rings. The second-order valence-electron chi connectivity index (χ2n) is 6.62. The van der Waals surface area contributed by atoms with E-state index in [1.54, 1.807) is 4.52 Å². The van der Waals surface area contributed by atoms with Crippen molar-refractivity contribution in [3.8, 4) is 0 Å². The molecule has 4 rings (SSSR count). The fourth-order valence-electron chi connectivity index (χ4n) is 4.02. The Labute approximate surface area is 135 Å². The van der Waals surface area contributed by atoms with Crippen LogP contribution in [0.2, 0.25) is 0 Å². The second kappa shape index (κ2) is 5.42. The van der Waals surface area contributed by atoms with Gasteiger partial charge in [-0.2, -0.15) is 4.52 Å². The molecule has 1 N–H and O–H groups in total. The van der Waals surface area contributed by atoms with Gasteiger partial charge in [0.1, 0.15) is 5.82 Å². The van der Waals surface area contributed by atoms with E-state index in [0.29, 0.717) is 6.61 Å². The summed E-state index contributed by atoms with van der Waals surface area (Å²) in [5.74, 6) is 1.73. The number of nitrogens with zero attached hydrogens (tertiary/aromatic N) is 5. The van der Waals surface area contributed by atoms with E-state index >= 15 is 0 Å². The van der Waals surface area contributed by atoms with Crippen LogP contribution in [0.1, 0.15) is 32.0 Å². The molecule has 0 radical (unpaired) electrons. The summed E-state index contributed by atoms with van der Waals surface area (Å²) in [7, 11) is 0. The first-order chi connectivity index (χ1) is 11.1. The van der Waals surface area contributed by atoms with Gasteiger partial charge < -0.3 is 14.7 Å². The van der Waals surface area contributed by atoms with Crippen molar-refractivity contribution in [2.24, 2.45) is 5.41 Å². The van der Waals surface area contributed by atoms with Crippen LogP contribution < -0.4 is 4.90 Å². The normalized spacial score (nSPS) is 26.7. The van der Waals surface area contributed by atoms with Crippen LogP contribution in [0.5, 0.6) is 0 Å². The molecule has 3 heterocycles. The molecule has 2 aromatic heterocycles. The van der Waals surface area contributed by atoms with Crippen molar-refractivity contribution >= 4 is 11.5 Å². The van der Waals surface area contributed by atoms with Crippen molar-refractivity contribution in [2.75, 3.05) is 24.6 Å². The third-order valence-corrected chi connectivity index (χ3v) is 5.53. The number of hydrogen-bond acceptors (Lipinski definition) is 6. The highest BCUT2D eigenvalue weighted by atomic mass is 16.5. The summed E-state index contributed by atoms with van der Waals surface area (Å²) in [6.07, 6.45) is 2.65. The summed E-state index contributed by atoms with van der Waals surface area (Å²) >= 11 is 0. The first kappa shape index (κ1) is 14.8. The van der Waals surface area contributed by atoms with Crippen LogP contribution in [0.4, 0.5) is 5.82 Å². The highest BCUT2D eigenvalue weighted by Gasteiger charge is 2.56. The number of anilines is 1. The smallest absolute Gasteiger partial charge is 0.178 e. The topological polar surface area (TPSA) is 75.8 Å². The van der Waals surface area contributed by atoms with Gasteiger partial charge in [-0.25, -0.2) is 0 Å². The molecule has 0 bridgehead atoms. The molecule has 2 fully saturated rings. The molecule has 7 nitrogen and oxygen atoms in total. The molecule has 0 amide bonds. The van der Waals surface area contributed by atoms with Crippen LogP contribution in [0.15, 0.2) is 12.1 Å². The van der Waals surface area contributed by atoms with Crippen molar-refractivity contribution in [3.63, 3.8) is 0 Å². The van der Waals surface area contributed by atoms with Gasteiger partial charge in [-0.15, -0.1) is 15.3 Å². The number of rotatable bonds is 3. The molecule has 2 atom stereocenters. The van der Waals surface area contributed by atoms with E-state index in [9.17, 15) is 5.11 Å². The van der Waals surface area contributed by atoms with Gasteiger partial charge in [-0.05, 0) is 38.8 Å². The highest BCUT2D eigenvalue weighted by Crippen LogP contribution is 2.51. The summed E-state index contributed by atoms with van der Waals surface area (Å²) in [5.41, 5.74) is 0.717. The molecule has 0 aromatic carbocycles. The molecule has 1 aliphatic carbocycles. The third kappa shape index (κ3) is 2.21. The first-order valence-corrected chi connectivity index (χ1v) is 8.38. The minimum Gasteiger partial charge on any atom is -0.392 e. The van der Waals surface area contributed by atoms with E-state index < -0.39 is 0 Å². The Balaban J connectivity index is 1.51. The average Bonchev–Trinajstić information content (AvgIpc) is 2.95. The minimum atomic E-state index is -0.225. The SMILES string of the molecule is CCO[C@@H]1C[C@H](O)C12CCN(c1ccc3nnc(C)n3n1)CC2. The second-order valence-corrected chi connectivity index (χ2v) is 6.62. The predicted octanol–water partition coefficient (Wildman–Crippen LogP) is 1.19. The van der Waals surface area contributed by atoms with Gasteiger partial charge in [0.25, 0.3) is 0 Å². The van der Waals surface area contributed by atoms with Gasteiger partial charge >= 0.3 is 0 Å². The quantitative estimate of drug-likeness (QED) is 0.916. The number of fused-ring (bicyclic) bond motifs is 1. The molecular formula is C16H23N5O2. The van der Waals surface area contributed by atoms with Crippen molar-refractivity contribution in [1.29, 1.82) is 0 Å². The Hall–Kier alpha value is -1.73.